The molecule has 0 atom stereocenters. The van der Waals surface area contributed by atoms with Crippen LogP contribution in [0.1, 0.15) is 40.1 Å². The summed E-state index contributed by atoms with van der Waals surface area (Å²) in [6, 6.07) is 15.4. The molecular formula is C25H22BrF3N2O3. The van der Waals surface area contributed by atoms with Crippen molar-refractivity contribution in [2.75, 3.05) is 17.2 Å². The number of ether oxygens (including phenoxy) is 1. The van der Waals surface area contributed by atoms with Crippen LogP contribution in [0.25, 0.3) is 0 Å². The molecule has 9 heteroatoms. The maximum absolute atomic E-state index is 12.9. The number of rotatable bonds is 7. The van der Waals surface area contributed by atoms with Gasteiger partial charge in [0.1, 0.15) is 5.75 Å². The monoisotopic (exact) mass is 534 g/mol. The van der Waals surface area contributed by atoms with Crippen molar-refractivity contribution in [1.82, 2.24) is 0 Å². The van der Waals surface area contributed by atoms with Crippen molar-refractivity contribution >= 4 is 39.1 Å². The molecule has 3 aromatic carbocycles. The average Bonchev–Trinajstić information content (AvgIpc) is 2.78. The van der Waals surface area contributed by atoms with E-state index in [0.717, 1.165) is 12.1 Å². The first kappa shape index (κ1) is 25.3. The first-order valence-corrected chi connectivity index (χ1v) is 11.1. The fourth-order valence-electron chi connectivity index (χ4n) is 2.93. The Morgan fingerprint density at radius 1 is 0.882 bits per heavy atom. The molecule has 0 saturated carbocycles. The third kappa shape index (κ3) is 6.84. The minimum absolute atomic E-state index is 0.0129. The molecule has 0 aliphatic heterocycles. The quantitative estimate of drug-likeness (QED) is 0.342. The predicted octanol–water partition coefficient (Wildman–Crippen LogP) is 7.01. The van der Waals surface area contributed by atoms with Gasteiger partial charge in [-0.1, -0.05) is 26.0 Å². The molecule has 178 valence electrons. The molecule has 5 nitrogen and oxygen atoms in total. The fourth-order valence-corrected chi connectivity index (χ4v) is 3.43. The molecule has 3 aromatic rings. The maximum Gasteiger partial charge on any atom is 0.416 e. The van der Waals surface area contributed by atoms with Crippen LogP contribution in [0.3, 0.4) is 0 Å². The van der Waals surface area contributed by atoms with Crippen molar-refractivity contribution in [1.29, 1.82) is 0 Å². The second-order valence-corrected chi connectivity index (χ2v) is 8.77. The molecule has 0 saturated heterocycles. The van der Waals surface area contributed by atoms with E-state index in [0.29, 0.717) is 34.0 Å². The van der Waals surface area contributed by atoms with Crippen LogP contribution in [0, 0.1) is 5.92 Å². The van der Waals surface area contributed by atoms with Crippen LogP contribution in [0.5, 0.6) is 5.75 Å². The van der Waals surface area contributed by atoms with E-state index in [4.69, 9.17) is 4.74 Å². The zero-order chi connectivity index (χ0) is 24.9. The Balaban J connectivity index is 1.69. The Labute approximate surface area is 203 Å². The van der Waals surface area contributed by atoms with Gasteiger partial charge in [-0.05, 0) is 76.4 Å². The molecule has 0 unspecified atom stereocenters. The number of hydrogen-bond acceptors (Lipinski definition) is 3. The SMILES string of the molecule is CC(C)COc1ccc(C(=O)Nc2cccc(C(=O)Nc3cccc(C(F)(F)F)c3)c2)cc1Br. The van der Waals surface area contributed by atoms with Gasteiger partial charge in [0.05, 0.1) is 16.6 Å². The number of carbonyl (C=O) groups is 2. The summed E-state index contributed by atoms with van der Waals surface area (Å²) in [6.07, 6.45) is -4.52. The molecule has 0 heterocycles. The zero-order valence-electron chi connectivity index (χ0n) is 18.4. The standard InChI is InChI=1S/C25H22BrF3N2O3/c1-15(2)14-34-22-10-9-17(12-21(22)26)24(33)30-19-7-3-5-16(11-19)23(32)31-20-8-4-6-18(13-20)25(27,28)29/h3-13,15H,14H2,1-2H3,(H,30,33)(H,31,32). The van der Waals surface area contributed by atoms with Crippen LogP contribution in [-0.2, 0) is 6.18 Å². The lowest BCUT2D eigenvalue weighted by Crippen LogP contribution is -2.15. The second-order valence-electron chi connectivity index (χ2n) is 7.92. The molecule has 2 N–H and O–H groups in total. The molecule has 3 rings (SSSR count). The number of hydrogen-bond donors (Lipinski definition) is 2. The summed E-state index contributed by atoms with van der Waals surface area (Å²) in [5.74, 6) is -0.0252. The van der Waals surface area contributed by atoms with E-state index < -0.39 is 23.6 Å². The highest BCUT2D eigenvalue weighted by Gasteiger charge is 2.30. The fraction of sp³-hybridized carbons (Fsp3) is 0.200. The Morgan fingerprint density at radius 3 is 2.06 bits per heavy atom. The summed E-state index contributed by atoms with van der Waals surface area (Å²) in [6.45, 7) is 4.60. The van der Waals surface area contributed by atoms with Gasteiger partial charge in [0.2, 0.25) is 0 Å². The number of benzene rings is 3. The molecule has 0 spiro atoms. The predicted molar refractivity (Wildman–Crippen MR) is 128 cm³/mol. The van der Waals surface area contributed by atoms with Crippen molar-refractivity contribution in [3.8, 4) is 5.75 Å². The maximum atomic E-state index is 12.9. The van der Waals surface area contributed by atoms with Gasteiger partial charge in [-0.3, -0.25) is 9.59 Å². The lowest BCUT2D eigenvalue weighted by molar-refractivity contribution is -0.137. The minimum Gasteiger partial charge on any atom is -0.492 e. The van der Waals surface area contributed by atoms with Crippen LogP contribution in [0.2, 0.25) is 0 Å². The van der Waals surface area contributed by atoms with Gasteiger partial charge in [-0.15, -0.1) is 0 Å². The molecule has 34 heavy (non-hydrogen) atoms. The highest BCUT2D eigenvalue weighted by molar-refractivity contribution is 9.10. The highest BCUT2D eigenvalue weighted by atomic mass is 79.9. The summed E-state index contributed by atoms with van der Waals surface area (Å²) >= 11 is 3.40. The van der Waals surface area contributed by atoms with Crippen molar-refractivity contribution in [3.05, 3.63) is 87.9 Å². The first-order chi connectivity index (χ1) is 16.0. The molecule has 0 aliphatic carbocycles. The van der Waals surface area contributed by atoms with Crippen molar-refractivity contribution in [2.24, 2.45) is 5.92 Å². The van der Waals surface area contributed by atoms with E-state index in [-0.39, 0.29) is 11.3 Å². The van der Waals surface area contributed by atoms with Gasteiger partial charge in [-0.25, -0.2) is 0 Å². The third-order valence-corrected chi connectivity index (χ3v) is 5.22. The van der Waals surface area contributed by atoms with E-state index in [2.05, 4.69) is 26.6 Å². The van der Waals surface area contributed by atoms with Crippen LogP contribution >= 0.6 is 15.9 Å². The van der Waals surface area contributed by atoms with Crippen LogP contribution < -0.4 is 15.4 Å². The number of nitrogens with one attached hydrogen (secondary N) is 2. The molecule has 0 aliphatic rings. The Bertz CT molecular complexity index is 1200. The van der Waals surface area contributed by atoms with Crippen molar-refractivity contribution < 1.29 is 27.5 Å². The van der Waals surface area contributed by atoms with Crippen LogP contribution in [-0.4, -0.2) is 18.4 Å². The van der Waals surface area contributed by atoms with Gasteiger partial charge >= 0.3 is 6.18 Å². The molecule has 0 aromatic heterocycles. The number of carbonyl (C=O) groups excluding carboxylic acids is 2. The summed E-state index contributed by atoms with van der Waals surface area (Å²) in [7, 11) is 0. The largest absolute Gasteiger partial charge is 0.492 e. The topological polar surface area (TPSA) is 67.4 Å². The summed E-state index contributed by atoms with van der Waals surface area (Å²) in [4.78, 5) is 25.2. The van der Waals surface area contributed by atoms with Gasteiger partial charge in [0.15, 0.2) is 0 Å². The van der Waals surface area contributed by atoms with E-state index in [1.807, 2.05) is 13.8 Å². The lowest BCUT2D eigenvalue weighted by atomic mass is 10.1. The molecule has 2 amide bonds. The number of alkyl halides is 3. The van der Waals surface area contributed by atoms with Crippen LogP contribution in [0.4, 0.5) is 24.5 Å². The Morgan fingerprint density at radius 2 is 1.47 bits per heavy atom. The summed E-state index contributed by atoms with van der Waals surface area (Å²) in [5, 5.41) is 5.16. The van der Waals surface area contributed by atoms with Gasteiger partial charge in [-0.2, -0.15) is 13.2 Å². The number of anilines is 2. The van der Waals surface area contributed by atoms with Crippen LogP contribution in [0.15, 0.2) is 71.2 Å². The van der Waals surface area contributed by atoms with E-state index in [1.165, 1.54) is 24.3 Å². The molecule has 0 bridgehead atoms. The first-order valence-electron chi connectivity index (χ1n) is 10.4. The number of amides is 2. The van der Waals surface area contributed by atoms with Crippen molar-refractivity contribution in [2.45, 2.75) is 20.0 Å². The summed E-state index contributed by atoms with van der Waals surface area (Å²) < 4.78 is 45.0. The van der Waals surface area contributed by atoms with Gasteiger partial charge < -0.3 is 15.4 Å². The Kier molecular flexibility index (Phi) is 7.98. The third-order valence-electron chi connectivity index (χ3n) is 4.60. The normalized spacial score (nSPS) is 11.3. The zero-order valence-corrected chi connectivity index (χ0v) is 20.0. The van der Waals surface area contributed by atoms with Gasteiger partial charge in [0, 0.05) is 22.5 Å². The minimum atomic E-state index is -4.52. The number of halogens is 4. The second kappa shape index (κ2) is 10.7. The summed E-state index contributed by atoms with van der Waals surface area (Å²) in [5.41, 5.74) is 0.0614. The average molecular weight is 535 g/mol. The smallest absolute Gasteiger partial charge is 0.416 e. The molecule has 0 fully saturated rings. The Hall–Kier alpha value is -3.33. The molecular weight excluding hydrogens is 513 g/mol. The molecule has 0 radical (unpaired) electrons. The highest BCUT2D eigenvalue weighted by Crippen LogP contribution is 2.31. The van der Waals surface area contributed by atoms with E-state index >= 15 is 0 Å². The van der Waals surface area contributed by atoms with Gasteiger partial charge in [0.25, 0.3) is 11.8 Å². The van der Waals surface area contributed by atoms with E-state index in [1.54, 1.807) is 30.3 Å². The van der Waals surface area contributed by atoms with E-state index in [9.17, 15) is 22.8 Å². The lowest BCUT2D eigenvalue weighted by Gasteiger charge is -2.12. The van der Waals surface area contributed by atoms with Crippen molar-refractivity contribution in [3.63, 3.8) is 0 Å².